The fourth-order valence-corrected chi connectivity index (χ4v) is 2.52. The second-order valence-electron chi connectivity index (χ2n) is 5.32. The number of hydrogen-bond acceptors (Lipinski definition) is 1. The fraction of sp³-hybridized carbons (Fsp3) is 0.333. The van der Waals surface area contributed by atoms with E-state index in [1.165, 1.54) is 16.7 Å². The highest BCUT2D eigenvalue weighted by Crippen LogP contribution is 2.24. The topological polar surface area (TPSA) is 20.2 Å². The molecule has 0 aliphatic rings. The van der Waals surface area contributed by atoms with Crippen molar-refractivity contribution in [2.75, 3.05) is 0 Å². The van der Waals surface area contributed by atoms with Crippen LogP contribution in [0.3, 0.4) is 0 Å². The van der Waals surface area contributed by atoms with Crippen molar-refractivity contribution in [3.05, 3.63) is 70.3 Å². The van der Waals surface area contributed by atoms with Crippen LogP contribution in [-0.4, -0.2) is 5.11 Å². The van der Waals surface area contributed by atoms with Gasteiger partial charge in [-0.15, -0.1) is 0 Å². The van der Waals surface area contributed by atoms with E-state index in [-0.39, 0.29) is 0 Å². The summed E-state index contributed by atoms with van der Waals surface area (Å²) in [5, 5.41) is 10.5. The molecule has 1 N–H and O–H groups in total. The van der Waals surface area contributed by atoms with Crippen molar-refractivity contribution < 1.29 is 5.11 Å². The van der Waals surface area contributed by atoms with Gasteiger partial charge in [0.2, 0.25) is 0 Å². The first kappa shape index (κ1) is 13.8. The molecule has 2 rings (SSSR count). The molecule has 0 aliphatic heterocycles. The van der Waals surface area contributed by atoms with Crippen molar-refractivity contribution in [2.24, 2.45) is 0 Å². The van der Waals surface area contributed by atoms with Gasteiger partial charge in [-0.05, 0) is 37.0 Å². The van der Waals surface area contributed by atoms with Gasteiger partial charge in [-0.25, -0.2) is 0 Å². The maximum absolute atomic E-state index is 10.5. The number of benzene rings is 2. The molecular weight excluding hydrogens is 232 g/mol. The Labute approximate surface area is 115 Å². The highest BCUT2D eigenvalue weighted by Gasteiger charge is 2.11. The lowest BCUT2D eigenvalue weighted by Gasteiger charge is -2.14. The molecule has 2 aromatic carbocycles. The van der Waals surface area contributed by atoms with Crippen LogP contribution in [0, 0.1) is 13.8 Å². The third kappa shape index (κ3) is 3.45. The van der Waals surface area contributed by atoms with Crippen LogP contribution in [0.2, 0.25) is 0 Å². The van der Waals surface area contributed by atoms with Crippen LogP contribution in [0.15, 0.2) is 42.5 Å². The van der Waals surface area contributed by atoms with E-state index in [4.69, 9.17) is 0 Å². The SMILES string of the molecule is CCCc1ccc(C(O)c2cc(C)cc(C)c2)cc1. The van der Waals surface area contributed by atoms with E-state index in [0.29, 0.717) is 0 Å². The lowest BCUT2D eigenvalue weighted by molar-refractivity contribution is 0.220. The van der Waals surface area contributed by atoms with E-state index < -0.39 is 6.10 Å². The molecule has 19 heavy (non-hydrogen) atoms. The number of hydrogen-bond donors (Lipinski definition) is 1. The van der Waals surface area contributed by atoms with Gasteiger partial charge in [0.25, 0.3) is 0 Å². The van der Waals surface area contributed by atoms with Crippen LogP contribution in [0.4, 0.5) is 0 Å². The molecule has 0 radical (unpaired) electrons. The molecule has 1 nitrogen and oxygen atoms in total. The average molecular weight is 254 g/mol. The average Bonchev–Trinajstić information content (AvgIpc) is 2.38. The largest absolute Gasteiger partial charge is 0.384 e. The zero-order valence-electron chi connectivity index (χ0n) is 12.0. The Bertz CT molecular complexity index is 520. The van der Waals surface area contributed by atoms with Crippen molar-refractivity contribution in [3.63, 3.8) is 0 Å². The first-order chi connectivity index (χ1) is 9.10. The minimum absolute atomic E-state index is 0.533. The van der Waals surface area contributed by atoms with Crippen molar-refractivity contribution in [3.8, 4) is 0 Å². The second-order valence-corrected chi connectivity index (χ2v) is 5.32. The van der Waals surface area contributed by atoms with Gasteiger partial charge in [-0.1, -0.05) is 66.9 Å². The summed E-state index contributed by atoms with van der Waals surface area (Å²) in [5.74, 6) is 0. The zero-order chi connectivity index (χ0) is 13.8. The Hall–Kier alpha value is -1.60. The zero-order valence-corrected chi connectivity index (χ0v) is 12.0. The molecule has 1 atom stereocenters. The Balaban J connectivity index is 2.25. The molecule has 0 saturated heterocycles. The van der Waals surface area contributed by atoms with Gasteiger partial charge < -0.3 is 5.11 Å². The van der Waals surface area contributed by atoms with Gasteiger partial charge in [0.15, 0.2) is 0 Å². The van der Waals surface area contributed by atoms with Gasteiger partial charge >= 0.3 is 0 Å². The lowest BCUT2D eigenvalue weighted by Crippen LogP contribution is -2.01. The van der Waals surface area contributed by atoms with E-state index in [0.717, 1.165) is 24.0 Å². The predicted molar refractivity (Wildman–Crippen MR) is 80.4 cm³/mol. The van der Waals surface area contributed by atoms with E-state index in [9.17, 15) is 5.11 Å². The quantitative estimate of drug-likeness (QED) is 0.860. The summed E-state index contributed by atoms with van der Waals surface area (Å²) >= 11 is 0. The third-order valence-corrected chi connectivity index (χ3v) is 3.39. The Morgan fingerprint density at radius 1 is 0.895 bits per heavy atom. The summed E-state index contributed by atoms with van der Waals surface area (Å²) in [4.78, 5) is 0. The standard InChI is InChI=1S/C18H22O/c1-4-5-15-6-8-16(9-7-15)18(19)17-11-13(2)10-14(3)12-17/h6-12,18-19H,4-5H2,1-3H3. The summed E-state index contributed by atoms with van der Waals surface area (Å²) in [7, 11) is 0. The number of aliphatic hydroxyl groups excluding tert-OH is 1. The van der Waals surface area contributed by atoms with Gasteiger partial charge in [-0.3, -0.25) is 0 Å². The molecule has 0 bridgehead atoms. The van der Waals surface area contributed by atoms with Gasteiger partial charge in [0.1, 0.15) is 6.10 Å². The molecule has 0 heterocycles. The number of aryl methyl sites for hydroxylation is 3. The maximum atomic E-state index is 10.5. The molecule has 0 aromatic heterocycles. The number of aliphatic hydroxyl groups is 1. The van der Waals surface area contributed by atoms with Crippen LogP contribution in [-0.2, 0) is 6.42 Å². The van der Waals surface area contributed by atoms with E-state index in [2.05, 4.69) is 51.1 Å². The van der Waals surface area contributed by atoms with E-state index >= 15 is 0 Å². The normalized spacial score (nSPS) is 12.4. The Morgan fingerprint density at radius 3 is 2.00 bits per heavy atom. The third-order valence-electron chi connectivity index (χ3n) is 3.39. The first-order valence-electron chi connectivity index (χ1n) is 6.95. The second kappa shape index (κ2) is 6.03. The monoisotopic (exact) mass is 254 g/mol. The van der Waals surface area contributed by atoms with E-state index in [1.807, 2.05) is 12.1 Å². The van der Waals surface area contributed by atoms with Crippen LogP contribution in [0.25, 0.3) is 0 Å². The van der Waals surface area contributed by atoms with Crippen molar-refractivity contribution >= 4 is 0 Å². The molecule has 1 heteroatoms. The molecule has 1 unspecified atom stereocenters. The van der Waals surface area contributed by atoms with Crippen LogP contribution in [0.5, 0.6) is 0 Å². The van der Waals surface area contributed by atoms with Gasteiger partial charge in [-0.2, -0.15) is 0 Å². The lowest BCUT2D eigenvalue weighted by atomic mass is 9.97. The van der Waals surface area contributed by atoms with Crippen molar-refractivity contribution in [2.45, 2.75) is 39.7 Å². The maximum Gasteiger partial charge on any atom is 0.104 e. The molecule has 0 aliphatic carbocycles. The molecule has 0 amide bonds. The Morgan fingerprint density at radius 2 is 1.47 bits per heavy atom. The van der Waals surface area contributed by atoms with Crippen LogP contribution >= 0.6 is 0 Å². The van der Waals surface area contributed by atoms with Gasteiger partial charge in [0.05, 0.1) is 0 Å². The summed E-state index contributed by atoms with van der Waals surface area (Å²) in [5.41, 5.74) is 5.65. The molecule has 0 spiro atoms. The summed E-state index contributed by atoms with van der Waals surface area (Å²) < 4.78 is 0. The van der Waals surface area contributed by atoms with E-state index in [1.54, 1.807) is 0 Å². The Kier molecular flexibility index (Phi) is 4.39. The highest BCUT2D eigenvalue weighted by molar-refractivity contribution is 5.36. The molecule has 2 aromatic rings. The summed E-state index contributed by atoms with van der Waals surface area (Å²) in [6.45, 7) is 6.30. The molecule has 0 saturated carbocycles. The summed E-state index contributed by atoms with van der Waals surface area (Å²) in [6, 6.07) is 14.5. The van der Waals surface area contributed by atoms with Gasteiger partial charge in [0, 0.05) is 0 Å². The predicted octanol–water partition coefficient (Wildman–Crippen LogP) is 4.34. The molecular formula is C18H22O. The van der Waals surface area contributed by atoms with Crippen LogP contribution < -0.4 is 0 Å². The minimum atomic E-state index is -0.533. The fourth-order valence-electron chi connectivity index (χ4n) is 2.52. The summed E-state index contributed by atoms with van der Waals surface area (Å²) in [6.07, 6.45) is 1.72. The number of rotatable bonds is 4. The van der Waals surface area contributed by atoms with Crippen molar-refractivity contribution in [1.82, 2.24) is 0 Å². The van der Waals surface area contributed by atoms with Crippen molar-refractivity contribution in [1.29, 1.82) is 0 Å². The molecule has 100 valence electrons. The highest BCUT2D eigenvalue weighted by atomic mass is 16.3. The van der Waals surface area contributed by atoms with Crippen LogP contribution in [0.1, 0.15) is 47.3 Å². The minimum Gasteiger partial charge on any atom is -0.384 e. The first-order valence-corrected chi connectivity index (χ1v) is 6.95. The molecule has 0 fully saturated rings. The smallest absolute Gasteiger partial charge is 0.104 e.